The van der Waals surface area contributed by atoms with E-state index in [0.29, 0.717) is 16.9 Å². The standard InChI is InChI=1S/C20H17N5O3/c21-10-15-9-19(25-13-16(11-23-25)20(26)27)22-12-18(15)14-1-3-17(4-2-14)24-5-7-28-8-6-24/h1-4,9,11-13H,5-8H2,(H,26,27). The highest BCUT2D eigenvalue weighted by atomic mass is 16.5. The van der Waals surface area contributed by atoms with E-state index >= 15 is 0 Å². The minimum atomic E-state index is -1.07. The zero-order valence-electron chi connectivity index (χ0n) is 14.9. The summed E-state index contributed by atoms with van der Waals surface area (Å²) >= 11 is 0. The minimum absolute atomic E-state index is 0.0584. The molecule has 3 heterocycles. The van der Waals surface area contributed by atoms with Crippen LogP contribution in [0.15, 0.2) is 48.9 Å². The molecule has 0 unspecified atom stereocenters. The van der Waals surface area contributed by atoms with Crippen LogP contribution in [0.2, 0.25) is 0 Å². The predicted octanol–water partition coefficient (Wildman–Crippen LogP) is 2.34. The van der Waals surface area contributed by atoms with Gasteiger partial charge in [-0.25, -0.2) is 14.5 Å². The maximum absolute atomic E-state index is 11.0. The number of ether oxygens (including phenoxy) is 1. The van der Waals surface area contributed by atoms with E-state index < -0.39 is 5.97 Å². The number of aromatic nitrogens is 3. The molecule has 8 heteroatoms. The van der Waals surface area contributed by atoms with Gasteiger partial charge in [0, 0.05) is 42.8 Å². The van der Waals surface area contributed by atoms with Crippen LogP contribution in [0.4, 0.5) is 5.69 Å². The Morgan fingerprint density at radius 3 is 2.57 bits per heavy atom. The number of nitriles is 1. The van der Waals surface area contributed by atoms with Crippen LogP contribution in [-0.4, -0.2) is 52.1 Å². The third kappa shape index (κ3) is 3.43. The Hall–Kier alpha value is -3.70. The molecule has 1 saturated heterocycles. The van der Waals surface area contributed by atoms with Gasteiger partial charge >= 0.3 is 5.97 Å². The first-order chi connectivity index (χ1) is 13.7. The van der Waals surface area contributed by atoms with E-state index in [-0.39, 0.29) is 5.56 Å². The zero-order valence-corrected chi connectivity index (χ0v) is 14.9. The minimum Gasteiger partial charge on any atom is -0.478 e. The quantitative estimate of drug-likeness (QED) is 0.746. The van der Waals surface area contributed by atoms with E-state index in [1.807, 2.05) is 24.3 Å². The number of carboxylic acid groups (broad SMARTS) is 1. The molecule has 140 valence electrons. The van der Waals surface area contributed by atoms with E-state index in [4.69, 9.17) is 9.84 Å². The molecule has 0 atom stereocenters. The first-order valence-electron chi connectivity index (χ1n) is 8.77. The largest absolute Gasteiger partial charge is 0.478 e. The van der Waals surface area contributed by atoms with Crippen LogP contribution in [-0.2, 0) is 4.74 Å². The summed E-state index contributed by atoms with van der Waals surface area (Å²) in [6.45, 7) is 3.17. The van der Waals surface area contributed by atoms with Crippen molar-refractivity contribution in [2.75, 3.05) is 31.2 Å². The van der Waals surface area contributed by atoms with Crippen LogP contribution in [0.5, 0.6) is 0 Å². The molecule has 2 aromatic heterocycles. The summed E-state index contributed by atoms with van der Waals surface area (Å²) in [5.41, 5.74) is 3.22. The Balaban J connectivity index is 1.62. The van der Waals surface area contributed by atoms with E-state index in [2.05, 4.69) is 21.1 Å². The molecule has 1 aromatic carbocycles. The molecule has 8 nitrogen and oxygen atoms in total. The lowest BCUT2D eigenvalue weighted by molar-refractivity contribution is 0.0697. The van der Waals surface area contributed by atoms with Gasteiger partial charge in [0.1, 0.15) is 0 Å². The zero-order chi connectivity index (χ0) is 19.5. The van der Waals surface area contributed by atoms with Crippen molar-refractivity contribution in [3.05, 3.63) is 60.0 Å². The van der Waals surface area contributed by atoms with Gasteiger partial charge in [-0.05, 0) is 17.7 Å². The normalized spacial score (nSPS) is 13.9. The Labute approximate surface area is 161 Å². The number of morpholine rings is 1. The fourth-order valence-corrected chi connectivity index (χ4v) is 3.12. The number of aromatic carboxylic acids is 1. The fourth-order valence-electron chi connectivity index (χ4n) is 3.12. The second-order valence-corrected chi connectivity index (χ2v) is 6.32. The predicted molar refractivity (Wildman–Crippen MR) is 102 cm³/mol. The number of nitrogens with zero attached hydrogens (tertiary/aromatic N) is 5. The number of carboxylic acids is 1. The number of hydrogen-bond acceptors (Lipinski definition) is 6. The summed E-state index contributed by atoms with van der Waals surface area (Å²) in [5.74, 6) is -0.679. The van der Waals surface area contributed by atoms with E-state index in [9.17, 15) is 10.1 Å². The van der Waals surface area contributed by atoms with Crippen LogP contribution >= 0.6 is 0 Å². The smallest absolute Gasteiger partial charge is 0.338 e. The third-order valence-electron chi connectivity index (χ3n) is 4.63. The van der Waals surface area contributed by atoms with Crippen molar-refractivity contribution in [2.45, 2.75) is 0 Å². The molecule has 0 spiro atoms. The summed E-state index contributed by atoms with van der Waals surface area (Å²) in [6.07, 6.45) is 4.22. The maximum Gasteiger partial charge on any atom is 0.338 e. The Morgan fingerprint density at radius 2 is 1.93 bits per heavy atom. The molecule has 0 saturated carbocycles. The summed E-state index contributed by atoms with van der Waals surface area (Å²) in [5, 5.41) is 22.6. The molecule has 1 fully saturated rings. The lowest BCUT2D eigenvalue weighted by Crippen LogP contribution is -2.36. The number of carbonyl (C=O) groups is 1. The highest BCUT2D eigenvalue weighted by molar-refractivity contribution is 5.87. The average Bonchev–Trinajstić information content (AvgIpc) is 3.25. The SMILES string of the molecule is N#Cc1cc(-n2cc(C(=O)O)cn2)ncc1-c1ccc(N2CCOCC2)cc1. The molecule has 0 bridgehead atoms. The highest BCUT2D eigenvalue weighted by Crippen LogP contribution is 2.27. The van der Waals surface area contributed by atoms with Gasteiger partial charge < -0.3 is 14.7 Å². The van der Waals surface area contributed by atoms with E-state index in [1.165, 1.54) is 17.1 Å². The fraction of sp³-hybridized carbons (Fsp3) is 0.200. The van der Waals surface area contributed by atoms with Crippen LogP contribution in [0.3, 0.4) is 0 Å². The number of benzene rings is 1. The topological polar surface area (TPSA) is 104 Å². The molecule has 0 radical (unpaired) electrons. The van der Waals surface area contributed by atoms with Crippen LogP contribution < -0.4 is 4.90 Å². The first kappa shape index (κ1) is 17.7. The molecule has 4 rings (SSSR count). The van der Waals surface area contributed by atoms with Gasteiger partial charge in [-0.1, -0.05) is 12.1 Å². The molecule has 1 N–H and O–H groups in total. The van der Waals surface area contributed by atoms with Gasteiger partial charge in [0.15, 0.2) is 5.82 Å². The van der Waals surface area contributed by atoms with Crippen molar-refractivity contribution < 1.29 is 14.6 Å². The maximum atomic E-state index is 11.0. The van der Waals surface area contributed by atoms with Crippen LogP contribution in [0.1, 0.15) is 15.9 Å². The van der Waals surface area contributed by atoms with Gasteiger partial charge in [-0.2, -0.15) is 10.4 Å². The van der Waals surface area contributed by atoms with E-state index in [0.717, 1.165) is 37.6 Å². The molecule has 3 aromatic rings. The Bertz CT molecular complexity index is 1050. The lowest BCUT2D eigenvalue weighted by Gasteiger charge is -2.28. The number of hydrogen-bond donors (Lipinski definition) is 1. The van der Waals surface area contributed by atoms with Crippen molar-refractivity contribution in [3.8, 4) is 23.0 Å². The van der Waals surface area contributed by atoms with Gasteiger partial charge in [0.2, 0.25) is 0 Å². The molecule has 1 aliphatic rings. The second kappa shape index (κ2) is 7.50. The Kier molecular flexibility index (Phi) is 4.74. The number of anilines is 1. The lowest BCUT2D eigenvalue weighted by atomic mass is 10.0. The molecular weight excluding hydrogens is 358 g/mol. The number of pyridine rings is 1. The molecule has 0 amide bonds. The van der Waals surface area contributed by atoms with Crippen molar-refractivity contribution in [1.29, 1.82) is 5.26 Å². The van der Waals surface area contributed by atoms with E-state index in [1.54, 1.807) is 12.3 Å². The van der Waals surface area contributed by atoms with Gasteiger partial charge in [0.05, 0.1) is 36.6 Å². The molecule has 28 heavy (non-hydrogen) atoms. The monoisotopic (exact) mass is 375 g/mol. The summed E-state index contributed by atoms with van der Waals surface area (Å²) in [6, 6.07) is 11.8. The highest BCUT2D eigenvalue weighted by Gasteiger charge is 2.14. The van der Waals surface area contributed by atoms with Gasteiger partial charge in [0.25, 0.3) is 0 Å². The van der Waals surface area contributed by atoms with Crippen LogP contribution in [0, 0.1) is 11.3 Å². The Morgan fingerprint density at radius 1 is 1.18 bits per heavy atom. The molecule has 0 aliphatic carbocycles. The van der Waals surface area contributed by atoms with Crippen molar-refractivity contribution in [1.82, 2.24) is 14.8 Å². The number of rotatable bonds is 4. The summed E-state index contributed by atoms with van der Waals surface area (Å²) in [4.78, 5) is 17.6. The second-order valence-electron chi connectivity index (χ2n) is 6.32. The van der Waals surface area contributed by atoms with Crippen LogP contribution in [0.25, 0.3) is 16.9 Å². The molecular formula is C20H17N5O3. The van der Waals surface area contributed by atoms with Crippen molar-refractivity contribution >= 4 is 11.7 Å². The average molecular weight is 375 g/mol. The van der Waals surface area contributed by atoms with Crippen molar-refractivity contribution in [2.24, 2.45) is 0 Å². The summed E-state index contributed by atoms with van der Waals surface area (Å²) in [7, 11) is 0. The first-order valence-corrected chi connectivity index (χ1v) is 8.77. The summed E-state index contributed by atoms with van der Waals surface area (Å²) < 4.78 is 6.72. The third-order valence-corrected chi connectivity index (χ3v) is 4.63. The van der Waals surface area contributed by atoms with Crippen molar-refractivity contribution in [3.63, 3.8) is 0 Å². The van der Waals surface area contributed by atoms with Gasteiger partial charge in [-0.3, -0.25) is 0 Å². The van der Waals surface area contributed by atoms with Gasteiger partial charge in [-0.15, -0.1) is 0 Å². The molecule has 1 aliphatic heterocycles.